The summed E-state index contributed by atoms with van der Waals surface area (Å²) in [6.45, 7) is 0.696. The van der Waals surface area contributed by atoms with Crippen LogP contribution in [0.2, 0.25) is 0 Å². The molecule has 270 valence electrons. The number of nitrogens with zero attached hydrogens (tertiary/aromatic N) is 6. The summed E-state index contributed by atoms with van der Waals surface area (Å²) in [6.07, 6.45) is 9.51. The average Bonchev–Trinajstić information content (AvgIpc) is 3.40. The zero-order valence-corrected chi connectivity index (χ0v) is 29.0. The van der Waals surface area contributed by atoms with Crippen LogP contribution in [0.25, 0.3) is 10.9 Å². The van der Waals surface area contributed by atoms with Gasteiger partial charge >= 0.3 is 6.61 Å². The summed E-state index contributed by atoms with van der Waals surface area (Å²) < 4.78 is 58.5. The van der Waals surface area contributed by atoms with E-state index < -0.39 is 22.6 Å². The van der Waals surface area contributed by atoms with Crippen molar-refractivity contribution in [3.05, 3.63) is 41.9 Å². The molecule has 1 atom stereocenters. The van der Waals surface area contributed by atoms with Gasteiger partial charge in [-0.3, -0.25) is 19.6 Å². The van der Waals surface area contributed by atoms with Gasteiger partial charge in [-0.05, 0) is 80.9 Å². The molecule has 1 saturated carbocycles. The second kappa shape index (κ2) is 14.1. The smallest absolute Gasteiger partial charge is 0.387 e. The number of aryl methyl sites for hydroxylation is 1. The maximum atomic E-state index is 13.1. The van der Waals surface area contributed by atoms with Crippen molar-refractivity contribution < 1.29 is 31.5 Å². The SMILES string of the molecule is Cn1nc(C2CCC(=O)NC2=O)c2ccc(C3CCC4(CC3)CN(CCCS(=O)(=O)N3CCC(Nc5ncc(OC(F)F)cn5)CC3)C4)cc21. The molecule has 13 nitrogen and oxygen atoms in total. The Hall–Kier alpha value is -3.76. The van der Waals surface area contributed by atoms with Gasteiger partial charge in [-0.25, -0.2) is 22.7 Å². The Morgan fingerprint density at radius 2 is 1.78 bits per heavy atom. The number of carbonyl (C=O) groups excluding carboxylic acids is 2. The molecule has 50 heavy (non-hydrogen) atoms. The number of piperidine rings is 2. The van der Waals surface area contributed by atoms with Crippen LogP contribution in [0.4, 0.5) is 14.7 Å². The summed E-state index contributed by atoms with van der Waals surface area (Å²) in [5.74, 6) is -0.124. The first-order chi connectivity index (χ1) is 24.0. The number of benzene rings is 1. The molecule has 1 unspecified atom stereocenters. The number of sulfonamides is 1. The average molecular weight is 715 g/mol. The van der Waals surface area contributed by atoms with Gasteiger partial charge in [-0.2, -0.15) is 13.9 Å². The van der Waals surface area contributed by atoms with Gasteiger partial charge in [0.25, 0.3) is 0 Å². The van der Waals surface area contributed by atoms with Crippen LogP contribution >= 0.6 is 0 Å². The number of fused-ring (bicyclic) bond motifs is 1. The highest BCUT2D eigenvalue weighted by Gasteiger charge is 2.45. The topological polar surface area (TPSA) is 152 Å². The molecule has 16 heteroatoms. The van der Waals surface area contributed by atoms with Gasteiger partial charge in [0.1, 0.15) is 0 Å². The summed E-state index contributed by atoms with van der Waals surface area (Å²) in [5.41, 5.74) is 3.37. The molecule has 3 saturated heterocycles. The summed E-state index contributed by atoms with van der Waals surface area (Å²) in [4.78, 5) is 34.5. The molecule has 2 amide bonds. The van der Waals surface area contributed by atoms with Crippen molar-refractivity contribution >= 4 is 38.7 Å². The molecule has 5 heterocycles. The molecule has 3 aromatic rings. The molecule has 4 fully saturated rings. The number of likely N-dealkylation sites (tertiary alicyclic amines) is 1. The van der Waals surface area contributed by atoms with E-state index in [9.17, 15) is 26.8 Å². The van der Waals surface area contributed by atoms with Crippen molar-refractivity contribution in [1.82, 2.24) is 34.3 Å². The third kappa shape index (κ3) is 7.47. The van der Waals surface area contributed by atoms with E-state index in [2.05, 4.69) is 48.4 Å². The summed E-state index contributed by atoms with van der Waals surface area (Å²) in [7, 11) is -1.45. The molecule has 1 aromatic carbocycles. The van der Waals surface area contributed by atoms with Gasteiger partial charge in [-0.15, -0.1) is 0 Å². The maximum Gasteiger partial charge on any atom is 0.387 e. The van der Waals surface area contributed by atoms with Crippen molar-refractivity contribution in [2.75, 3.05) is 43.8 Å². The predicted octanol–water partition coefficient (Wildman–Crippen LogP) is 3.74. The van der Waals surface area contributed by atoms with Gasteiger partial charge < -0.3 is 15.0 Å². The number of halogens is 2. The zero-order chi connectivity index (χ0) is 35.0. The van der Waals surface area contributed by atoms with Crippen LogP contribution in [-0.2, 0) is 26.7 Å². The van der Waals surface area contributed by atoms with E-state index in [4.69, 9.17) is 5.10 Å². The number of hydrogen-bond acceptors (Lipinski definition) is 10. The number of aromatic nitrogens is 4. The molecule has 1 aliphatic carbocycles. The monoisotopic (exact) mass is 714 g/mol. The molecule has 4 aliphatic rings. The Morgan fingerprint density at radius 1 is 1.06 bits per heavy atom. The number of imide groups is 1. The maximum absolute atomic E-state index is 13.1. The van der Waals surface area contributed by atoms with Crippen LogP contribution in [-0.4, -0.2) is 100 Å². The molecule has 1 spiro atoms. The lowest BCUT2D eigenvalue weighted by Gasteiger charge is -2.54. The first-order valence-corrected chi connectivity index (χ1v) is 19.1. The highest BCUT2D eigenvalue weighted by atomic mass is 32.2. The van der Waals surface area contributed by atoms with Crippen molar-refractivity contribution in [3.8, 4) is 5.75 Å². The van der Waals surface area contributed by atoms with Gasteiger partial charge in [0.15, 0.2) is 5.75 Å². The normalized spacial score (nSPS) is 22.6. The lowest BCUT2D eigenvalue weighted by molar-refractivity contribution is -0.134. The van der Waals surface area contributed by atoms with E-state index in [-0.39, 0.29) is 29.4 Å². The first-order valence-electron chi connectivity index (χ1n) is 17.5. The number of hydrogen-bond donors (Lipinski definition) is 2. The molecular formula is C34H44F2N8O5S. The Morgan fingerprint density at radius 3 is 2.46 bits per heavy atom. The molecule has 7 rings (SSSR count). The van der Waals surface area contributed by atoms with Crippen LogP contribution in [0, 0.1) is 5.41 Å². The van der Waals surface area contributed by atoms with Crippen molar-refractivity contribution in [1.29, 1.82) is 0 Å². The second-order valence-corrected chi connectivity index (χ2v) is 16.5. The molecule has 3 aliphatic heterocycles. The second-order valence-electron chi connectivity index (χ2n) is 14.4. The Labute approximate surface area is 290 Å². The molecule has 2 N–H and O–H groups in total. The molecule has 0 radical (unpaired) electrons. The minimum Gasteiger partial charge on any atom is -0.432 e. The summed E-state index contributed by atoms with van der Waals surface area (Å²) >= 11 is 0. The van der Waals surface area contributed by atoms with Gasteiger partial charge in [0.05, 0.1) is 35.3 Å². The number of nitrogens with one attached hydrogen (secondary N) is 2. The molecule has 2 aromatic heterocycles. The van der Waals surface area contributed by atoms with Crippen LogP contribution < -0.4 is 15.4 Å². The van der Waals surface area contributed by atoms with Gasteiger partial charge in [-0.1, -0.05) is 12.1 Å². The van der Waals surface area contributed by atoms with E-state index in [0.29, 0.717) is 62.5 Å². The third-order valence-corrected chi connectivity index (χ3v) is 13.0. The zero-order valence-electron chi connectivity index (χ0n) is 28.2. The number of amides is 2. The van der Waals surface area contributed by atoms with E-state index in [1.54, 1.807) is 4.31 Å². The number of alkyl halides is 2. The highest BCUT2D eigenvalue weighted by Crippen LogP contribution is 2.48. The standard InChI is InChI=1S/C34H44F2N8O5S/c1-42-28-17-23(3-4-26(28)30(41-42)27-5-6-29(45)40-31(27)46)22-7-11-34(12-8-22)20-43(21-34)13-2-16-50(47,48)44-14-9-24(10-15-44)39-33-37-18-25(19-38-33)49-32(35)36/h3-4,17-19,22,24,27,32H,2,5-16,20-21H2,1H3,(H,37,38,39)(H,40,45,46). The first kappa shape index (κ1) is 34.7. The lowest BCUT2D eigenvalue weighted by atomic mass is 9.65. The molecular weight excluding hydrogens is 670 g/mol. The number of anilines is 1. The highest BCUT2D eigenvalue weighted by molar-refractivity contribution is 7.89. The van der Waals surface area contributed by atoms with E-state index in [1.165, 1.54) is 18.0 Å². The van der Waals surface area contributed by atoms with Crippen molar-refractivity contribution in [2.45, 2.75) is 82.3 Å². The number of rotatable bonds is 11. The Kier molecular flexibility index (Phi) is 9.78. The van der Waals surface area contributed by atoms with Crippen LogP contribution in [0.3, 0.4) is 0 Å². The van der Waals surface area contributed by atoms with Gasteiger partial charge in [0, 0.05) is 51.1 Å². The fourth-order valence-corrected chi connectivity index (χ4v) is 9.84. The summed E-state index contributed by atoms with van der Waals surface area (Å²) in [6, 6.07) is 6.48. The number of ether oxygens (including phenoxy) is 1. The minimum absolute atomic E-state index is 0.00779. The lowest BCUT2D eigenvalue weighted by Crippen LogP contribution is -2.57. The third-order valence-electron chi connectivity index (χ3n) is 11.0. The van der Waals surface area contributed by atoms with E-state index >= 15 is 0 Å². The fraction of sp³-hybridized carbons (Fsp3) is 0.618. The fourth-order valence-electron chi connectivity index (χ4n) is 8.32. The van der Waals surface area contributed by atoms with Crippen molar-refractivity contribution in [3.63, 3.8) is 0 Å². The van der Waals surface area contributed by atoms with Crippen LogP contribution in [0.1, 0.15) is 80.9 Å². The van der Waals surface area contributed by atoms with Gasteiger partial charge in [0.2, 0.25) is 27.8 Å². The number of carbonyl (C=O) groups is 2. The largest absolute Gasteiger partial charge is 0.432 e. The van der Waals surface area contributed by atoms with E-state index in [1.807, 2.05) is 11.7 Å². The Balaban J connectivity index is 0.830. The molecule has 0 bridgehead atoms. The van der Waals surface area contributed by atoms with Crippen molar-refractivity contribution in [2.24, 2.45) is 12.5 Å². The predicted molar refractivity (Wildman–Crippen MR) is 181 cm³/mol. The minimum atomic E-state index is -3.36. The quantitative estimate of drug-likeness (QED) is 0.281. The Bertz CT molecular complexity index is 1810. The van der Waals surface area contributed by atoms with E-state index in [0.717, 1.165) is 61.9 Å². The van der Waals surface area contributed by atoms with Crippen LogP contribution in [0.15, 0.2) is 30.6 Å². The summed E-state index contributed by atoms with van der Waals surface area (Å²) in [5, 5.41) is 11.3. The van der Waals surface area contributed by atoms with Crippen LogP contribution in [0.5, 0.6) is 5.75 Å².